The second-order valence-electron chi connectivity index (χ2n) is 13.3. The van der Waals surface area contributed by atoms with E-state index in [1.165, 1.54) is 17.5 Å². The number of carbonyl (C=O) groups is 1. The first-order valence-corrected chi connectivity index (χ1v) is 17.9. The van der Waals surface area contributed by atoms with Gasteiger partial charge in [0.05, 0.1) is 45.0 Å². The number of aliphatic hydroxyl groups is 1. The zero-order chi connectivity index (χ0) is 33.4. The molecule has 0 aromatic heterocycles. The van der Waals surface area contributed by atoms with Crippen LogP contribution in [0.5, 0.6) is 11.5 Å². The third kappa shape index (κ3) is 9.26. The van der Waals surface area contributed by atoms with Crippen LogP contribution < -0.4 is 14.8 Å². The molecule has 0 bridgehead atoms. The fraction of sp³-hybridized carbons (Fsp3) is 0.571. The van der Waals surface area contributed by atoms with Crippen molar-refractivity contribution in [3.63, 3.8) is 0 Å². The molecule has 5 atom stereocenters. The van der Waals surface area contributed by atoms with Crippen LogP contribution in [0.25, 0.3) is 0 Å². The van der Waals surface area contributed by atoms with Gasteiger partial charge >= 0.3 is 6.09 Å². The van der Waals surface area contributed by atoms with Crippen LogP contribution >= 0.6 is 0 Å². The Bertz CT molecular complexity index is 1470. The number of nitrogens with zero attached hydrogens (tertiary/aromatic N) is 1. The fourth-order valence-electron chi connectivity index (χ4n) is 6.29. The molecule has 11 nitrogen and oxygen atoms in total. The molecule has 3 aliphatic heterocycles. The minimum atomic E-state index is -4.19. The number of methoxy groups -OCH3 is 1. The summed E-state index contributed by atoms with van der Waals surface area (Å²) in [4.78, 5) is 13.2. The summed E-state index contributed by atoms with van der Waals surface area (Å²) in [5, 5.41) is 14.6. The fourth-order valence-corrected chi connectivity index (χ4v) is 8.05. The maximum Gasteiger partial charge on any atom is 0.407 e. The van der Waals surface area contributed by atoms with E-state index in [1.54, 1.807) is 12.1 Å². The molecule has 258 valence electrons. The lowest BCUT2D eigenvalue weighted by Gasteiger charge is -2.35. The molecule has 12 heteroatoms. The van der Waals surface area contributed by atoms with Crippen molar-refractivity contribution in [1.29, 1.82) is 0 Å². The van der Waals surface area contributed by atoms with Crippen molar-refractivity contribution in [3.8, 4) is 11.5 Å². The summed E-state index contributed by atoms with van der Waals surface area (Å²) < 4.78 is 58.6. The second kappa shape index (κ2) is 15.8. The molecular formula is C35H48N2O9S. The second-order valence-corrected chi connectivity index (χ2v) is 15.2. The largest absolute Gasteiger partial charge is 0.497 e. The number of rotatable bonds is 8. The monoisotopic (exact) mass is 672 g/mol. The molecule has 2 saturated heterocycles. The minimum Gasteiger partial charge on any atom is -0.497 e. The van der Waals surface area contributed by atoms with Gasteiger partial charge in [-0.15, -0.1) is 0 Å². The Kier molecular flexibility index (Phi) is 11.8. The number of ether oxygens (including phenoxy) is 5. The lowest BCUT2D eigenvalue weighted by molar-refractivity contribution is -0.0907. The first-order chi connectivity index (χ1) is 22.6. The average Bonchev–Trinajstić information content (AvgIpc) is 3.66. The summed E-state index contributed by atoms with van der Waals surface area (Å²) in [6.07, 6.45) is 5.59. The number of fused-ring (bicyclic) bond motifs is 2. The Morgan fingerprint density at radius 2 is 1.91 bits per heavy atom. The topological polar surface area (TPSA) is 133 Å². The summed E-state index contributed by atoms with van der Waals surface area (Å²) >= 11 is 0. The van der Waals surface area contributed by atoms with Crippen molar-refractivity contribution < 1.29 is 42.0 Å². The molecule has 3 aliphatic rings. The number of hydrogen-bond donors (Lipinski definition) is 2. The van der Waals surface area contributed by atoms with Crippen molar-refractivity contribution >= 4 is 16.1 Å². The van der Waals surface area contributed by atoms with Crippen molar-refractivity contribution in [2.45, 2.75) is 81.8 Å². The van der Waals surface area contributed by atoms with Gasteiger partial charge in [-0.3, -0.25) is 0 Å². The summed E-state index contributed by atoms with van der Waals surface area (Å²) in [6, 6.07) is 13.2. The molecule has 5 rings (SSSR count). The van der Waals surface area contributed by atoms with Crippen molar-refractivity contribution in [3.05, 3.63) is 66.2 Å². The molecule has 2 aromatic carbocycles. The normalized spacial score (nSPS) is 26.4. The van der Waals surface area contributed by atoms with E-state index < -0.39 is 39.8 Å². The highest BCUT2D eigenvalue weighted by molar-refractivity contribution is 7.89. The van der Waals surface area contributed by atoms with Crippen LogP contribution in [0.15, 0.2) is 65.6 Å². The van der Waals surface area contributed by atoms with E-state index >= 15 is 0 Å². The van der Waals surface area contributed by atoms with Gasteiger partial charge in [0.25, 0.3) is 0 Å². The van der Waals surface area contributed by atoms with Gasteiger partial charge in [-0.05, 0) is 61.6 Å². The van der Waals surface area contributed by atoms with Gasteiger partial charge in [0.1, 0.15) is 22.5 Å². The van der Waals surface area contributed by atoms with Gasteiger partial charge in [0.15, 0.2) is 6.29 Å². The van der Waals surface area contributed by atoms with Crippen molar-refractivity contribution in [2.24, 2.45) is 11.3 Å². The molecule has 0 spiro atoms. The molecule has 2 fully saturated rings. The van der Waals surface area contributed by atoms with E-state index in [-0.39, 0.29) is 49.0 Å². The van der Waals surface area contributed by atoms with E-state index in [2.05, 4.69) is 17.5 Å². The highest BCUT2D eigenvalue weighted by Gasteiger charge is 2.44. The number of hydrogen-bond acceptors (Lipinski definition) is 9. The van der Waals surface area contributed by atoms with Crippen molar-refractivity contribution in [2.75, 3.05) is 40.0 Å². The van der Waals surface area contributed by atoms with Gasteiger partial charge in [0, 0.05) is 19.2 Å². The number of alkyl carbamates (subject to hydrolysis) is 1. The molecule has 0 saturated carbocycles. The molecule has 0 aliphatic carbocycles. The average molecular weight is 673 g/mol. The highest BCUT2D eigenvalue weighted by Crippen LogP contribution is 2.35. The first-order valence-electron chi connectivity index (χ1n) is 16.4. The lowest BCUT2D eigenvalue weighted by Crippen LogP contribution is -2.52. The number of nitrogens with one attached hydrogen (secondary N) is 1. The smallest absolute Gasteiger partial charge is 0.407 e. The van der Waals surface area contributed by atoms with E-state index in [4.69, 9.17) is 23.7 Å². The van der Waals surface area contributed by atoms with Crippen LogP contribution in [-0.4, -0.2) is 88.5 Å². The number of sulfonamides is 1. The Hall–Kier alpha value is -3.16. The predicted molar refractivity (Wildman–Crippen MR) is 176 cm³/mol. The van der Waals surface area contributed by atoms with Gasteiger partial charge in [0.2, 0.25) is 10.0 Å². The zero-order valence-electron chi connectivity index (χ0n) is 27.5. The number of allylic oxidation sites excluding steroid dienone is 2. The molecule has 0 radical (unpaired) electrons. The molecule has 2 aromatic rings. The van der Waals surface area contributed by atoms with Gasteiger partial charge < -0.3 is 34.1 Å². The van der Waals surface area contributed by atoms with Crippen LogP contribution in [0.3, 0.4) is 0 Å². The quantitative estimate of drug-likeness (QED) is 0.384. The van der Waals surface area contributed by atoms with E-state index in [9.17, 15) is 18.3 Å². The predicted octanol–water partition coefficient (Wildman–Crippen LogP) is 4.68. The molecule has 3 heterocycles. The van der Waals surface area contributed by atoms with Crippen LogP contribution in [0.2, 0.25) is 0 Å². The molecule has 47 heavy (non-hydrogen) atoms. The SMILES string of the molecule is COc1ccc2c(c1)OCCCC/C=C/CC(C)(C)CN(C[C@@H](O)[C@H](Cc1ccccc1)NC(=O)O[C@H]1CO[C@H]3OCC[C@H]31)S2(=O)=O. The van der Waals surface area contributed by atoms with E-state index in [1.807, 2.05) is 44.2 Å². The van der Waals surface area contributed by atoms with Crippen LogP contribution in [0, 0.1) is 11.3 Å². The van der Waals surface area contributed by atoms with Crippen LogP contribution in [0.4, 0.5) is 4.79 Å². The molecule has 1 amide bonds. The molecule has 0 unspecified atom stereocenters. The number of amides is 1. The van der Waals surface area contributed by atoms with Crippen molar-refractivity contribution in [1.82, 2.24) is 9.62 Å². The Morgan fingerprint density at radius 1 is 1.11 bits per heavy atom. The number of β-amino-alcohol motifs (C(OH)–C–C–N with tert-alkyl or cyclic N) is 1. The number of carbonyl (C=O) groups excluding carboxylic acids is 1. The Balaban J connectivity index is 1.42. The van der Waals surface area contributed by atoms with Gasteiger partial charge in [-0.1, -0.05) is 56.3 Å². The highest BCUT2D eigenvalue weighted by atomic mass is 32.2. The first kappa shape index (κ1) is 35.2. The Morgan fingerprint density at radius 3 is 2.70 bits per heavy atom. The van der Waals surface area contributed by atoms with Crippen LogP contribution in [0.1, 0.15) is 51.5 Å². The van der Waals surface area contributed by atoms with Gasteiger partial charge in [-0.2, -0.15) is 4.31 Å². The summed E-state index contributed by atoms with van der Waals surface area (Å²) in [5.41, 5.74) is 0.398. The van der Waals surface area contributed by atoms with Crippen LogP contribution in [-0.2, 0) is 30.7 Å². The summed E-state index contributed by atoms with van der Waals surface area (Å²) in [7, 11) is -2.68. The van der Waals surface area contributed by atoms with E-state index in [0.29, 0.717) is 25.4 Å². The standard InChI is InChI=1S/C35H48N2O9S/c1-35(2)17-10-5-4-6-11-18-43-30-21-26(42-3)14-15-32(30)47(40,41)37(24-35)22-29(38)28(20-25-12-8-7-9-13-25)36-34(39)46-31-23-45-33-27(31)16-19-44-33/h5,7-10,12-15,21,27-29,31,33,38H,4,6,11,16-20,22-24H2,1-3H3,(H,36,39)/b10-5+/t27-,28-,29+,31-,33+/m0/s1. The van der Waals surface area contributed by atoms with E-state index in [0.717, 1.165) is 31.2 Å². The number of aliphatic hydroxyl groups excluding tert-OH is 1. The van der Waals surface area contributed by atoms with Gasteiger partial charge in [-0.25, -0.2) is 13.2 Å². The number of benzene rings is 2. The molecule has 2 N–H and O–H groups in total. The Labute approximate surface area is 278 Å². The summed E-state index contributed by atoms with van der Waals surface area (Å²) in [6.45, 7) is 4.98. The third-order valence-corrected chi connectivity index (χ3v) is 10.8. The minimum absolute atomic E-state index is 0.00421. The maximum atomic E-state index is 14.5. The zero-order valence-corrected chi connectivity index (χ0v) is 28.3. The summed E-state index contributed by atoms with van der Waals surface area (Å²) in [5.74, 6) is 0.630. The maximum absolute atomic E-state index is 14.5. The molecular weight excluding hydrogens is 624 g/mol. The lowest BCUT2D eigenvalue weighted by atomic mass is 9.88. The third-order valence-electron chi connectivity index (χ3n) is 8.93.